The van der Waals surface area contributed by atoms with Crippen molar-refractivity contribution < 1.29 is 14.4 Å². The molecule has 0 bridgehead atoms. The zero-order chi connectivity index (χ0) is 26.6. The molecule has 3 atom stereocenters. The molecule has 6 rings (SSSR count). The summed E-state index contributed by atoms with van der Waals surface area (Å²) >= 11 is 3.24. The fourth-order valence-electron chi connectivity index (χ4n) is 5.10. The molecule has 3 aromatic heterocycles. The number of nitrogens with zero attached hydrogens (tertiary/aromatic N) is 7. The summed E-state index contributed by atoms with van der Waals surface area (Å²) in [7, 11) is 0. The standard InChI is InChI=1S/C25H22BrN9O3/c1-12(36)23-16-4-13(15-7-29-25(27)30-8-15)2-3-17(16)34(33-23)11-22(37)35-18-5-14(18)6-19(35)24(38)32-21-10-28-9-20(26)31-21/h2-4,7-10,14,18-19H,5-6,11H2,1H3,(H2,27,29,30)(H,31,32,38)/t14-,18?,19+/m1/s1. The van der Waals surface area contributed by atoms with E-state index in [1.807, 2.05) is 18.2 Å². The van der Waals surface area contributed by atoms with E-state index < -0.39 is 6.04 Å². The third kappa shape index (κ3) is 4.38. The van der Waals surface area contributed by atoms with E-state index in [0.717, 1.165) is 17.5 Å². The largest absolute Gasteiger partial charge is 0.368 e. The highest BCUT2D eigenvalue weighted by atomic mass is 79.9. The summed E-state index contributed by atoms with van der Waals surface area (Å²) in [6, 6.07) is 4.91. The van der Waals surface area contributed by atoms with E-state index in [9.17, 15) is 14.4 Å². The minimum Gasteiger partial charge on any atom is -0.368 e. The van der Waals surface area contributed by atoms with Gasteiger partial charge in [0.1, 0.15) is 22.9 Å². The molecule has 4 aromatic rings. The number of ketones is 1. The Morgan fingerprint density at radius 3 is 2.63 bits per heavy atom. The van der Waals surface area contributed by atoms with Gasteiger partial charge in [-0.15, -0.1) is 0 Å². The molecule has 1 saturated heterocycles. The molecule has 13 heteroatoms. The van der Waals surface area contributed by atoms with Crippen molar-refractivity contribution in [3.8, 4) is 11.1 Å². The molecule has 2 fully saturated rings. The number of nitrogens with two attached hydrogens (primary N) is 1. The molecule has 4 heterocycles. The summed E-state index contributed by atoms with van der Waals surface area (Å²) in [5.74, 6) is 0.0256. The number of hydrogen-bond acceptors (Lipinski definition) is 9. The van der Waals surface area contributed by atoms with Crippen LogP contribution in [0.5, 0.6) is 0 Å². The van der Waals surface area contributed by atoms with Crippen LogP contribution in [0.25, 0.3) is 22.0 Å². The van der Waals surface area contributed by atoms with Crippen LogP contribution in [-0.4, -0.2) is 64.3 Å². The van der Waals surface area contributed by atoms with Gasteiger partial charge in [0.05, 0.1) is 17.9 Å². The average Bonchev–Trinajstić information content (AvgIpc) is 3.39. The first-order valence-corrected chi connectivity index (χ1v) is 12.8. The Bertz CT molecular complexity index is 1600. The Morgan fingerprint density at radius 1 is 1.11 bits per heavy atom. The van der Waals surface area contributed by atoms with E-state index in [0.29, 0.717) is 33.7 Å². The molecule has 2 aliphatic rings. The highest BCUT2D eigenvalue weighted by molar-refractivity contribution is 9.10. The topological polar surface area (TPSA) is 162 Å². The van der Waals surface area contributed by atoms with Crippen molar-refractivity contribution in [1.82, 2.24) is 34.6 Å². The lowest BCUT2D eigenvalue weighted by molar-refractivity contribution is -0.138. The Hall–Kier alpha value is -4.26. The second-order valence-corrected chi connectivity index (χ2v) is 10.3. The number of nitrogens with one attached hydrogen (secondary N) is 1. The van der Waals surface area contributed by atoms with E-state index in [4.69, 9.17) is 5.73 Å². The Balaban J connectivity index is 1.27. The first-order valence-electron chi connectivity index (χ1n) is 12.0. The van der Waals surface area contributed by atoms with Gasteiger partial charge >= 0.3 is 0 Å². The summed E-state index contributed by atoms with van der Waals surface area (Å²) in [4.78, 5) is 57.0. The van der Waals surface area contributed by atoms with Crippen LogP contribution in [0.2, 0.25) is 0 Å². The lowest BCUT2D eigenvalue weighted by Crippen LogP contribution is -2.46. The van der Waals surface area contributed by atoms with Crippen LogP contribution in [0.1, 0.15) is 30.3 Å². The van der Waals surface area contributed by atoms with Crippen molar-refractivity contribution in [3.63, 3.8) is 0 Å². The molecule has 192 valence electrons. The number of piperidine rings is 1. The monoisotopic (exact) mass is 575 g/mol. The molecular formula is C25H22BrN9O3. The van der Waals surface area contributed by atoms with Crippen LogP contribution >= 0.6 is 15.9 Å². The summed E-state index contributed by atoms with van der Waals surface area (Å²) < 4.78 is 2.03. The molecule has 3 N–H and O–H groups in total. The number of halogens is 1. The minimum atomic E-state index is -0.613. The second kappa shape index (κ2) is 9.24. The van der Waals surface area contributed by atoms with Crippen molar-refractivity contribution in [2.45, 2.75) is 38.4 Å². The Morgan fingerprint density at radius 2 is 1.89 bits per heavy atom. The molecule has 1 unspecified atom stereocenters. The number of nitrogen functional groups attached to an aromatic ring is 1. The van der Waals surface area contributed by atoms with Gasteiger partial charge in [0.15, 0.2) is 11.6 Å². The average molecular weight is 576 g/mol. The third-order valence-electron chi connectivity index (χ3n) is 6.93. The van der Waals surface area contributed by atoms with Gasteiger partial charge in [-0.05, 0) is 52.4 Å². The molecule has 12 nitrogen and oxygen atoms in total. The van der Waals surface area contributed by atoms with E-state index in [1.165, 1.54) is 24.0 Å². The van der Waals surface area contributed by atoms with Crippen molar-refractivity contribution in [2.75, 3.05) is 11.1 Å². The van der Waals surface area contributed by atoms with Gasteiger partial charge in [-0.3, -0.25) is 24.0 Å². The first kappa shape index (κ1) is 24.1. The predicted molar refractivity (Wildman–Crippen MR) is 141 cm³/mol. The second-order valence-electron chi connectivity index (χ2n) is 9.46. The van der Waals surface area contributed by atoms with Crippen LogP contribution in [0.15, 0.2) is 47.6 Å². The number of hydrogen-bond donors (Lipinski definition) is 2. The number of carbonyl (C=O) groups excluding carboxylic acids is 3. The first-order chi connectivity index (χ1) is 18.3. The fourth-order valence-corrected chi connectivity index (χ4v) is 5.41. The zero-order valence-electron chi connectivity index (χ0n) is 20.2. The number of Topliss-reactive ketones (excluding diaryl/α,β-unsaturated/α-hetero) is 1. The van der Waals surface area contributed by atoms with Crippen LogP contribution in [0, 0.1) is 5.92 Å². The van der Waals surface area contributed by atoms with Crippen molar-refractivity contribution in [1.29, 1.82) is 0 Å². The van der Waals surface area contributed by atoms with E-state index in [2.05, 4.69) is 46.3 Å². The Kier molecular flexibility index (Phi) is 5.86. The van der Waals surface area contributed by atoms with E-state index >= 15 is 0 Å². The smallest absolute Gasteiger partial charge is 0.248 e. The van der Waals surface area contributed by atoms with Crippen molar-refractivity contribution in [3.05, 3.63) is 53.3 Å². The maximum absolute atomic E-state index is 13.6. The van der Waals surface area contributed by atoms with Gasteiger partial charge in [0.2, 0.25) is 17.8 Å². The summed E-state index contributed by atoms with van der Waals surface area (Å²) in [5.41, 5.74) is 8.03. The molecule has 1 aromatic carbocycles. The number of benzene rings is 1. The molecule has 0 spiro atoms. The number of likely N-dealkylation sites (tertiary alicyclic amines) is 1. The number of carbonyl (C=O) groups is 3. The lowest BCUT2D eigenvalue weighted by Gasteiger charge is -2.26. The molecule has 1 aliphatic carbocycles. The third-order valence-corrected chi connectivity index (χ3v) is 7.31. The lowest BCUT2D eigenvalue weighted by atomic mass is 10.0. The summed E-state index contributed by atoms with van der Waals surface area (Å²) in [5, 5.41) is 7.86. The molecule has 0 radical (unpaired) electrons. The summed E-state index contributed by atoms with van der Waals surface area (Å²) in [6.07, 6.45) is 7.65. The number of rotatable bonds is 6. The predicted octanol–water partition coefficient (Wildman–Crippen LogP) is 2.46. The van der Waals surface area contributed by atoms with Gasteiger partial charge in [0.25, 0.3) is 0 Å². The van der Waals surface area contributed by atoms with Gasteiger partial charge in [0, 0.05) is 36.3 Å². The molecular weight excluding hydrogens is 554 g/mol. The number of fused-ring (bicyclic) bond motifs is 2. The molecule has 1 saturated carbocycles. The highest BCUT2D eigenvalue weighted by Gasteiger charge is 2.56. The summed E-state index contributed by atoms with van der Waals surface area (Å²) in [6.45, 7) is 1.34. The van der Waals surface area contributed by atoms with Crippen molar-refractivity contribution in [2.24, 2.45) is 5.92 Å². The fraction of sp³-hybridized carbons (Fsp3) is 0.280. The van der Waals surface area contributed by atoms with Gasteiger partial charge < -0.3 is 16.0 Å². The molecule has 38 heavy (non-hydrogen) atoms. The van der Waals surface area contributed by atoms with Crippen LogP contribution < -0.4 is 11.1 Å². The van der Waals surface area contributed by atoms with E-state index in [1.54, 1.807) is 17.3 Å². The maximum atomic E-state index is 13.6. The van der Waals surface area contributed by atoms with Gasteiger partial charge in [-0.25, -0.2) is 15.0 Å². The van der Waals surface area contributed by atoms with E-state index in [-0.39, 0.29) is 41.8 Å². The maximum Gasteiger partial charge on any atom is 0.248 e. The number of anilines is 2. The SMILES string of the molecule is CC(=O)c1nn(CC(=O)N2C3C[C@@H]3C[C@H]2C(=O)Nc2cncc(Br)n2)c2ccc(-c3cnc(N)nc3)cc12. The van der Waals surface area contributed by atoms with Crippen LogP contribution in [0.4, 0.5) is 11.8 Å². The van der Waals surface area contributed by atoms with Crippen molar-refractivity contribution >= 4 is 56.2 Å². The Labute approximate surface area is 224 Å². The molecule has 1 aliphatic heterocycles. The van der Waals surface area contributed by atoms with Crippen LogP contribution in [0.3, 0.4) is 0 Å². The van der Waals surface area contributed by atoms with Crippen LogP contribution in [-0.2, 0) is 16.1 Å². The zero-order valence-corrected chi connectivity index (χ0v) is 21.8. The van der Waals surface area contributed by atoms with Gasteiger partial charge in [-0.2, -0.15) is 5.10 Å². The molecule has 2 amide bonds. The number of aromatic nitrogens is 6. The number of amides is 2. The van der Waals surface area contributed by atoms with Gasteiger partial charge in [-0.1, -0.05) is 6.07 Å². The highest BCUT2D eigenvalue weighted by Crippen LogP contribution is 2.48. The normalized spacial score (nSPS) is 19.8. The minimum absolute atomic E-state index is 0.0260. The quantitative estimate of drug-likeness (QED) is 0.329.